The summed E-state index contributed by atoms with van der Waals surface area (Å²) < 4.78 is 7.19. The fraction of sp³-hybridized carbons (Fsp3) is 0. The van der Waals surface area contributed by atoms with Crippen LogP contribution in [0.2, 0.25) is 5.02 Å². The van der Waals surface area contributed by atoms with E-state index in [-0.39, 0.29) is 11.5 Å². The van der Waals surface area contributed by atoms with Gasteiger partial charge in [0.25, 0.3) is 0 Å². The van der Waals surface area contributed by atoms with Crippen molar-refractivity contribution < 1.29 is 9.21 Å². The van der Waals surface area contributed by atoms with E-state index in [9.17, 15) is 4.79 Å². The highest BCUT2D eigenvalue weighted by molar-refractivity contribution is 6.31. The number of halogens is 1. The number of ketones is 1. The molecule has 3 heterocycles. The number of fused-ring (bicyclic) bond motifs is 2. The molecule has 4 rings (SSSR count). The van der Waals surface area contributed by atoms with Crippen molar-refractivity contribution in [3.05, 3.63) is 65.4 Å². The van der Waals surface area contributed by atoms with Crippen LogP contribution >= 0.6 is 11.6 Å². The summed E-state index contributed by atoms with van der Waals surface area (Å²) in [5, 5.41) is 5.52. The topological polar surface area (TPSA) is 60.4 Å². The van der Waals surface area contributed by atoms with E-state index in [1.807, 2.05) is 0 Å². The summed E-state index contributed by atoms with van der Waals surface area (Å²) in [5.74, 6) is 0.0244. The summed E-state index contributed by atoms with van der Waals surface area (Å²) in [6.07, 6.45) is 6.40. The zero-order valence-corrected chi connectivity index (χ0v) is 11.4. The predicted octanol–water partition coefficient (Wildman–Crippen LogP) is 3.36. The number of carbonyl (C=O) groups is 1. The van der Waals surface area contributed by atoms with Gasteiger partial charge in [0.2, 0.25) is 5.78 Å². The Labute approximate surface area is 123 Å². The van der Waals surface area contributed by atoms with Crippen molar-refractivity contribution in [2.45, 2.75) is 0 Å². The van der Waals surface area contributed by atoms with Crippen molar-refractivity contribution in [2.75, 3.05) is 0 Å². The van der Waals surface area contributed by atoms with Gasteiger partial charge in [0.15, 0.2) is 5.76 Å². The van der Waals surface area contributed by atoms with Crippen LogP contribution < -0.4 is 0 Å². The van der Waals surface area contributed by atoms with Crippen LogP contribution in [0.25, 0.3) is 16.5 Å². The molecule has 0 saturated carbocycles. The molecule has 0 fully saturated rings. The van der Waals surface area contributed by atoms with Crippen LogP contribution in [0.1, 0.15) is 16.1 Å². The van der Waals surface area contributed by atoms with Gasteiger partial charge in [-0.1, -0.05) is 11.6 Å². The molecule has 1 aromatic carbocycles. The number of rotatable bonds is 2. The first-order valence-corrected chi connectivity index (χ1v) is 6.61. The van der Waals surface area contributed by atoms with Crippen LogP contribution in [0.4, 0.5) is 0 Å². The smallest absolute Gasteiger partial charge is 0.232 e. The summed E-state index contributed by atoms with van der Waals surface area (Å²) in [5.41, 5.74) is 1.71. The quantitative estimate of drug-likeness (QED) is 0.532. The Balaban J connectivity index is 1.86. The van der Waals surface area contributed by atoms with E-state index < -0.39 is 0 Å². The Morgan fingerprint density at radius 2 is 2.14 bits per heavy atom. The van der Waals surface area contributed by atoms with Gasteiger partial charge in [-0.25, -0.2) is 4.52 Å². The Bertz CT molecular complexity index is 987. The number of furan rings is 1. The number of hydrogen-bond donors (Lipinski definition) is 0. The molecule has 0 saturated heterocycles. The summed E-state index contributed by atoms with van der Waals surface area (Å²) in [7, 11) is 0. The maximum Gasteiger partial charge on any atom is 0.232 e. The molecule has 21 heavy (non-hydrogen) atoms. The molecule has 102 valence electrons. The molecule has 4 aromatic rings. The maximum absolute atomic E-state index is 12.6. The highest BCUT2D eigenvalue weighted by Crippen LogP contribution is 2.25. The number of nitrogens with zero attached hydrogens (tertiary/aromatic N) is 3. The first-order valence-electron chi connectivity index (χ1n) is 6.23. The van der Waals surface area contributed by atoms with Crippen LogP contribution in [-0.4, -0.2) is 20.4 Å². The Hall–Kier alpha value is -2.66. The van der Waals surface area contributed by atoms with E-state index in [1.54, 1.807) is 47.4 Å². The van der Waals surface area contributed by atoms with Gasteiger partial charge in [-0.05, 0) is 24.3 Å². The van der Waals surface area contributed by atoms with Crippen molar-refractivity contribution in [1.29, 1.82) is 0 Å². The normalized spacial score (nSPS) is 11.3. The van der Waals surface area contributed by atoms with Crippen molar-refractivity contribution in [1.82, 2.24) is 14.6 Å². The Morgan fingerprint density at radius 3 is 3.05 bits per heavy atom. The minimum Gasteiger partial charge on any atom is -0.453 e. The number of benzene rings is 1. The maximum atomic E-state index is 12.6. The lowest BCUT2D eigenvalue weighted by Crippen LogP contribution is -1.99. The lowest BCUT2D eigenvalue weighted by Gasteiger charge is -1.94. The van der Waals surface area contributed by atoms with Crippen molar-refractivity contribution in [3.63, 3.8) is 0 Å². The predicted molar refractivity (Wildman–Crippen MR) is 77.6 cm³/mol. The molecule has 0 amide bonds. The molecule has 0 aliphatic heterocycles. The standard InChI is InChI=1S/C15H8ClN3O2/c16-10-1-2-13-9(5-10)6-14(21-13)15(20)11-7-18-19-4-3-17-8-12(11)19/h1-8H. The van der Waals surface area contributed by atoms with Crippen LogP contribution in [0.15, 0.2) is 53.5 Å². The third kappa shape index (κ3) is 1.90. The molecule has 0 unspecified atom stereocenters. The number of carbonyl (C=O) groups excluding carboxylic acids is 1. The molecule has 0 aliphatic rings. The van der Waals surface area contributed by atoms with E-state index >= 15 is 0 Å². The van der Waals surface area contributed by atoms with Gasteiger partial charge in [-0.3, -0.25) is 9.78 Å². The highest BCUT2D eigenvalue weighted by atomic mass is 35.5. The summed E-state index contributed by atoms with van der Waals surface area (Å²) in [4.78, 5) is 16.6. The third-order valence-electron chi connectivity index (χ3n) is 3.27. The van der Waals surface area contributed by atoms with Crippen LogP contribution in [0.3, 0.4) is 0 Å². The van der Waals surface area contributed by atoms with E-state index in [2.05, 4.69) is 10.1 Å². The van der Waals surface area contributed by atoms with Gasteiger partial charge in [0.1, 0.15) is 5.58 Å². The second kappa shape index (κ2) is 4.43. The second-order valence-corrected chi connectivity index (χ2v) is 5.02. The zero-order valence-electron chi connectivity index (χ0n) is 10.7. The molecule has 0 aliphatic carbocycles. The van der Waals surface area contributed by atoms with E-state index in [4.69, 9.17) is 16.0 Å². The molecule has 6 heteroatoms. The largest absolute Gasteiger partial charge is 0.453 e. The fourth-order valence-corrected chi connectivity index (χ4v) is 2.45. The lowest BCUT2D eigenvalue weighted by molar-refractivity contribution is 0.101. The van der Waals surface area contributed by atoms with Crippen LogP contribution in [0.5, 0.6) is 0 Å². The lowest BCUT2D eigenvalue weighted by atomic mass is 10.1. The van der Waals surface area contributed by atoms with Gasteiger partial charge < -0.3 is 4.42 Å². The summed E-state index contributed by atoms with van der Waals surface area (Å²) in [6, 6.07) is 6.91. The Kier molecular flexibility index (Phi) is 2.55. The average Bonchev–Trinajstić information content (AvgIpc) is 3.09. The van der Waals surface area contributed by atoms with E-state index in [0.29, 0.717) is 21.7 Å². The van der Waals surface area contributed by atoms with Crippen molar-refractivity contribution in [2.24, 2.45) is 0 Å². The molecule has 0 radical (unpaired) electrons. The molecule has 0 spiro atoms. The van der Waals surface area contributed by atoms with Crippen LogP contribution in [-0.2, 0) is 0 Å². The molecule has 5 nitrogen and oxygen atoms in total. The molecule has 0 N–H and O–H groups in total. The van der Waals surface area contributed by atoms with Gasteiger partial charge in [-0.2, -0.15) is 5.10 Å². The molecule has 0 atom stereocenters. The zero-order chi connectivity index (χ0) is 14.4. The number of hydrogen-bond acceptors (Lipinski definition) is 4. The number of aromatic nitrogens is 3. The monoisotopic (exact) mass is 297 g/mol. The summed E-state index contributed by atoms with van der Waals surface area (Å²) >= 11 is 5.94. The molecule has 0 bridgehead atoms. The molecular formula is C15H8ClN3O2. The van der Waals surface area contributed by atoms with Gasteiger partial charge in [0.05, 0.1) is 23.5 Å². The summed E-state index contributed by atoms with van der Waals surface area (Å²) in [6.45, 7) is 0. The average molecular weight is 298 g/mol. The molecule has 3 aromatic heterocycles. The van der Waals surface area contributed by atoms with Gasteiger partial charge in [-0.15, -0.1) is 0 Å². The Morgan fingerprint density at radius 1 is 1.24 bits per heavy atom. The SMILES string of the molecule is O=C(c1cc2cc(Cl)ccc2o1)c1cnn2ccncc12. The highest BCUT2D eigenvalue weighted by Gasteiger charge is 2.19. The van der Waals surface area contributed by atoms with Crippen molar-refractivity contribution in [3.8, 4) is 0 Å². The van der Waals surface area contributed by atoms with Crippen LogP contribution in [0, 0.1) is 0 Å². The fourth-order valence-electron chi connectivity index (χ4n) is 2.27. The first kappa shape index (κ1) is 12.1. The minimum absolute atomic E-state index is 0.231. The van der Waals surface area contributed by atoms with Gasteiger partial charge in [0, 0.05) is 22.8 Å². The van der Waals surface area contributed by atoms with Crippen molar-refractivity contribution >= 4 is 33.9 Å². The van der Waals surface area contributed by atoms with Gasteiger partial charge >= 0.3 is 0 Å². The minimum atomic E-state index is -0.231. The third-order valence-corrected chi connectivity index (χ3v) is 3.51. The van der Waals surface area contributed by atoms with E-state index in [0.717, 1.165) is 5.39 Å². The van der Waals surface area contributed by atoms with E-state index in [1.165, 1.54) is 6.20 Å². The first-order chi connectivity index (χ1) is 10.2. The molecular weight excluding hydrogens is 290 g/mol. The second-order valence-electron chi connectivity index (χ2n) is 4.59.